The van der Waals surface area contributed by atoms with E-state index in [2.05, 4.69) is 51.3 Å². The third kappa shape index (κ3) is 5.98. The number of aromatic nitrogens is 2. The summed E-state index contributed by atoms with van der Waals surface area (Å²) in [6, 6.07) is 22.3. The van der Waals surface area contributed by atoms with Gasteiger partial charge in [-0.15, -0.1) is 11.8 Å². The number of nitrogens with zero attached hydrogens (tertiary/aromatic N) is 4. The molecular weight excluding hydrogens is 466 g/mol. The van der Waals surface area contributed by atoms with Crippen LogP contribution < -0.4 is 5.32 Å². The standard InChI is InChI=1S/C29H33N5OS/c1-2-32-15-17-33(18-16-32)20-24-10-4-3-9-23(24)19-30-29(35)26-11-5-6-12-27(26)36-22-25-21-34-14-8-7-13-28(34)31-25/h3-14,21H,2,15-20,22H2,1H3,(H,30,35). The average Bonchev–Trinajstić information content (AvgIpc) is 3.35. The zero-order valence-electron chi connectivity index (χ0n) is 20.8. The first-order valence-corrected chi connectivity index (χ1v) is 13.6. The van der Waals surface area contributed by atoms with Crippen LogP contribution in [0.15, 0.2) is 84.0 Å². The number of rotatable bonds is 9. The van der Waals surface area contributed by atoms with Gasteiger partial charge in [0.15, 0.2) is 0 Å². The maximum atomic E-state index is 13.2. The number of amides is 1. The first-order valence-electron chi connectivity index (χ1n) is 12.6. The molecule has 5 rings (SSSR count). The van der Waals surface area contributed by atoms with Crippen molar-refractivity contribution in [2.75, 3.05) is 32.7 Å². The summed E-state index contributed by atoms with van der Waals surface area (Å²) >= 11 is 1.65. The molecule has 0 radical (unpaired) electrons. The lowest BCUT2D eigenvalue weighted by molar-refractivity contribution is 0.0947. The van der Waals surface area contributed by atoms with Crippen LogP contribution in [0.25, 0.3) is 5.65 Å². The molecule has 0 bridgehead atoms. The molecule has 2 aromatic heterocycles. The second kappa shape index (κ2) is 11.7. The second-order valence-corrected chi connectivity index (χ2v) is 10.2. The van der Waals surface area contributed by atoms with Crippen LogP contribution in [0.3, 0.4) is 0 Å². The molecule has 1 aliphatic heterocycles. The highest BCUT2D eigenvalue weighted by Gasteiger charge is 2.17. The van der Waals surface area contributed by atoms with Crippen molar-refractivity contribution >= 4 is 23.3 Å². The highest BCUT2D eigenvalue weighted by atomic mass is 32.2. The number of benzene rings is 2. The summed E-state index contributed by atoms with van der Waals surface area (Å²) in [6.07, 6.45) is 4.05. The van der Waals surface area contributed by atoms with Crippen molar-refractivity contribution in [3.8, 4) is 0 Å². The predicted octanol–water partition coefficient (Wildman–Crippen LogP) is 4.69. The Morgan fingerprint density at radius 3 is 2.44 bits per heavy atom. The number of thioether (sulfide) groups is 1. The molecule has 1 amide bonds. The first-order chi connectivity index (χ1) is 17.7. The number of fused-ring (bicyclic) bond motifs is 1. The predicted molar refractivity (Wildman–Crippen MR) is 146 cm³/mol. The van der Waals surface area contributed by atoms with Crippen LogP contribution in [-0.4, -0.2) is 57.8 Å². The summed E-state index contributed by atoms with van der Waals surface area (Å²) in [6.45, 7) is 9.22. The van der Waals surface area contributed by atoms with E-state index in [0.29, 0.717) is 17.9 Å². The van der Waals surface area contributed by atoms with Gasteiger partial charge in [0.05, 0.1) is 11.3 Å². The van der Waals surface area contributed by atoms with E-state index >= 15 is 0 Å². The van der Waals surface area contributed by atoms with Crippen molar-refractivity contribution in [1.82, 2.24) is 24.5 Å². The van der Waals surface area contributed by atoms with Gasteiger partial charge in [-0.2, -0.15) is 0 Å². The van der Waals surface area contributed by atoms with Crippen molar-refractivity contribution < 1.29 is 4.79 Å². The van der Waals surface area contributed by atoms with Crippen LogP contribution in [0.2, 0.25) is 0 Å². The minimum atomic E-state index is -0.0422. The van der Waals surface area contributed by atoms with Gasteiger partial charge >= 0.3 is 0 Å². The number of hydrogen-bond acceptors (Lipinski definition) is 5. The van der Waals surface area contributed by atoms with Crippen LogP contribution in [0.4, 0.5) is 0 Å². The molecular formula is C29H33N5OS. The molecule has 1 aliphatic rings. The number of pyridine rings is 1. The lowest BCUT2D eigenvalue weighted by atomic mass is 10.1. The molecule has 0 spiro atoms. The molecule has 0 atom stereocenters. The third-order valence-corrected chi connectivity index (χ3v) is 7.89. The fraction of sp³-hybridized carbons (Fsp3) is 0.310. The Hall–Kier alpha value is -3.13. The molecule has 6 nitrogen and oxygen atoms in total. The van der Waals surface area contributed by atoms with Gasteiger partial charge in [0, 0.05) is 62.3 Å². The van der Waals surface area contributed by atoms with Gasteiger partial charge in [0.2, 0.25) is 0 Å². The molecule has 1 fully saturated rings. The lowest BCUT2D eigenvalue weighted by Gasteiger charge is -2.34. The minimum absolute atomic E-state index is 0.0422. The number of piperazine rings is 1. The SMILES string of the molecule is CCN1CCN(Cc2ccccc2CNC(=O)c2ccccc2SCc2cn3ccccc3n2)CC1. The number of hydrogen-bond donors (Lipinski definition) is 1. The molecule has 7 heteroatoms. The highest BCUT2D eigenvalue weighted by Crippen LogP contribution is 2.26. The van der Waals surface area contributed by atoms with E-state index in [0.717, 1.165) is 55.5 Å². The summed E-state index contributed by atoms with van der Waals surface area (Å²) < 4.78 is 2.02. The third-order valence-electron chi connectivity index (χ3n) is 6.78. The molecule has 4 aromatic rings. The van der Waals surface area contributed by atoms with Gasteiger partial charge in [-0.1, -0.05) is 49.4 Å². The van der Waals surface area contributed by atoms with Crippen molar-refractivity contribution in [2.24, 2.45) is 0 Å². The van der Waals surface area contributed by atoms with E-state index < -0.39 is 0 Å². The molecule has 0 unspecified atom stereocenters. The Morgan fingerprint density at radius 2 is 1.64 bits per heavy atom. The number of carbonyl (C=O) groups excluding carboxylic acids is 1. The number of imidazole rings is 1. The number of likely N-dealkylation sites (N-methyl/N-ethyl adjacent to an activating group) is 1. The zero-order valence-corrected chi connectivity index (χ0v) is 21.6. The van der Waals surface area contributed by atoms with E-state index in [4.69, 9.17) is 0 Å². The quantitative estimate of drug-likeness (QED) is 0.339. The molecule has 2 aromatic carbocycles. The van der Waals surface area contributed by atoms with Gasteiger partial charge < -0.3 is 14.6 Å². The molecule has 3 heterocycles. The van der Waals surface area contributed by atoms with Gasteiger partial charge in [-0.05, 0) is 41.9 Å². The van der Waals surface area contributed by atoms with E-state index in [1.165, 1.54) is 11.1 Å². The van der Waals surface area contributed by atoms with E-state index in [-0.39, 0.29) is 5.91 Å². The van der Waals surface area contributed by atoms with Crippen LogP contribution in [0, 0.1) is 0 Å². The lowest BCUT2D eigenvalue weighted by Crippen LogP contribution is -2.45. The van der Waals surface area contributed by atoms with Crippen LogP contribution in [0.5, 0.6) is 0 Å². The number of nitrogens with one attached hydrogen (secondary N) is 1. The summed E-state index contributed by atoms with van der Waals surface area (Å²) in [7, 11) is 0. The molecule has 1 N–H and O–H groups in total. The fourth-order valence-electron chi connectivity index (χ4n) is 4.65. The van der Waals surface area contributed by atoms with Gasteiger partial charge in [-0.3, -0.25) is 9.69 Å². The summed E-state index contributed by atoms with van der Waals surface area (Å²) in [5.74, 6) is 0.666. The van der Waals surface area contributed by atoms with Crippen molar-refractivity contribution in [3.05, 3.63) is 102 Å². The second-order valence-electron chi connectivity index (χ2n) is 9.14. The van der Waals surface area contributed by atoms with E-state index in [1.807, 2.05) is 59.3 Å². The first kappa shape index (κ1) is 24.6. The van der Waals surface area contributed by atoms with Gasteiger partial charge in [0.25, 0.3) is 5.91 Å². The topological polar surface area (TPSA) is 52.9 Å². The summed E-state index contributed by atoms with van der Waals surface area (Å²) in [4.78, 5) is 23.9. The molecule has 0 saturated carbocycles. The van der Waals surface area contributed by atoms with Crippen LogP contribution >= 0.6 is 11.8 Å². The Bertz CT molecular complexity index is 1280. The average molecular weight is 500 g/mol. The summed E-state index contributed by atoms with van der Waals surface area (Å²) in [5, 5.41) is 3.17. The van der Waals surface area contributed by atoms with Crippen LogP contribution in [-0.2, 0) is 18.8 Å². The van der Waals surface area contributed by atoms with Gasteiger partial charge in [0.1, 0.15) is 5.65 Å². The normalized spacial score (nSPS) is 14.8. The van der Waals surface area contributed by atoms with E-state index in [9.17, 15) is 4.79 Å². The van der Waals surface area contributed by atoms with Crippen molar-refractivity contribution in [1.29, 1.82) is 0 Å². The Kier molecular flexibility index (Phi) is 8.01. The number of carbonyl (C=O) groups is 1. The monoisotopic (exact) mass is 499 g/mol. The summed E-state index contributed by atoms with van der Waals surface area (Å²) in [5.41, 5.74) is 5.11. The maximum Gasteiger partial charge on any atom is 0.252 e. The largest absolute Gasteiger partial charge is 0.348 e. The Balaban J connectivity index is 1.21. The van der Waals surface area contributed by atoms with Gasteiger partial charge in [-0.25, -0.2) is 4.98 Å². The molecule has 1 saturated heterocycles. The molecule has 186 valence electrons. The highest BCUT2D eigenvalue weighted by molar-refractivity contribution is 7.98. The Morgan fingerprint density at radius 1 is 0.917 bits per heavy atom. The maximum absolute atomic E-state index is 13.2. The zero-order chi connectivity index (χ0) is 24.7. The smallest absolute Gasteiger partial charge is 0.252 e. The van der Waals surface area contributed by atoms with Crippen molar-refractivity contribution in [3.63, 3.8) is 0 Å². The van der Waals surface area contributed by atoms with Crippen LogP contribution in [0.1, 0.15) is 34.1 Å². The Labute approximate surface area is 217 Å². The molecule has 0 aliphatic carbocycles. The minimum Gasteiger partial charge on any atom is -0.348 e. The van der Waals surface area contributed by atoms with Crippen molar-refractivity contribution in [2.45, 2.75) is 30.7 Å². The fourth-order valence-corrected chi connectivity index (χ4v) is 5.58. The van der Waals surface area contributed by atoms with E-state index in [1.54, 1.807) is 11.8 Å². The molecule has 36 heavy (non-hydrogen) atoms.